The maximum Gasteiger partial charge on any atom is 0.303 e. The molecule has 0 saturated carbocycles. The Balaban J connectivity index is 2.78. The van der Waals surface area contributed by atoms with Gasteiger partial charge in [-0.25, -0.2) is 0 Å². The Morgan fingerprint density at radius 1 is 1.50 bits per heavy atom. The number of rotatable bonds is 4. The molecule has 0 atom stereocenters. The van der Waals surface area contributed by atoms with Crippen molar-refractivity contribution in [3.63, 3.8) is 0 Å². The molecule has 0 amide bonds. The van der Waals surface area contributed by atoms with E-state index >= 15 is 0 Å². The minimum Gasteiger partial charge on any atom is -0.481 e. The molecule has 0 aliphatic rings. The van der Waals surface area contributed by atoms with Gasteiger partial charge >= 0.3 is 5.97 Å². The molecule has 7 heteroatoms. The number of carboxylic acids is 1. The second kappa shape index (κ2) is 5.13. The number of hydrogen-bond acceptors (Lipinski definition) is 3. The zero-order chi connectivity index (χ0) is 15.0. The Morgan fingerprint density at radius 3 is 2.70 bits per heavy atom. The number of carboxylic acid groups (broad SMARTS) is 1. The molecule has 106 valence electrons. The van der Waals surface area contributed by atoms with Crippen LogP contribution in [0.3, 0.4) is 0 Å². The maximum atomic E-state index is 11.2. The van der Waals surface area contributed by atoms with Gasteiger partial charge < -0.3 is 9.67 Å². The molecule has 0 aliphatic heterocycles. The summed E-state index contributed by atoms with van der Waals surface area (Å²) >= 11 is 6.13. The van der Waals surface area contributed by atoms with Crippen LogP contribution in [-0.4, -0.2) is 20.6 Å². The monoisotopic (exact) mass is 296 g/mol. The first-order chi connectivity index (χ1) is 9.34. The molecule has 2 aromatic rings. The van der Waals surface area contributed by atoms with Crippen LogP contribution in [-0.2, 0) is 18.3 Å². The summed E-state index contributed by atoms with van der Waals surface area (Å²) < 4.78 is 1.77. The SMILES string of the molecule is Cc1c(CCC(=O)O)c2c([N+](=O)[O-])ccc(Cl)c2n1C. The molecule has 0 spiro atoms. The van der Waals surface area contributed by atoms with Gasteiger partial charge in [0.05, 0.1) is 20.8 Å². The Morgan fingerprint density at radius 2 is 2.15 bits per heavy atom. The molecule has 0 radical (unpaired) electrons. The van der Waals surface area contributed by atoms with Gasteiger partial charge in [-0.15, -0.1) is 0 Å². The van der Waals surface area contributed by atoms with Gasteiger partial charge in [-0.05, 0) is 25.0 Å². The Kier molecular flexibility index (Phi) is 3.67. The van der Waals surface area contributed by atoms with Crippen molar-refractivity contribution in [3.05, 3.63) is 38.5 Å². The number of nitro groups is 1. The van der Waals surface area contributed by atoms with Gasteiger partial charge in [-0.2, -0.15) is 0 Å². The van der Waals surface area contributed by atoms with Gasteiger partial charge in [0.2, 0.25) is 0 Å². The Bertz CT molecular complexity index is 721. The highest BCUT2D eigenvalue weighted by Crippen LogP contribution is 2.37. The predicted octanol–water partition coefficient (Wildman–Crippen LogP) is 3.07. The van der Waals surface area contributed by atoms with E-state index in [4.69, 9.17) is 16.7 Å². The van der Waals surface area contributed by atoms with E-state index in [1.807, 2.05) is 0 Å². The van der Waals surface area contributed by atoms with E-state index < -0.39 is 10.9 Å². The van der Waals surface area contributed by atoms with Crippen LogP contribution in [0.15, 0.2) is 12.1 Å². The molecule has 6 nitrogen and oxygen atoms in total. The molecular formula is C13H13ClN2O4. The fourth-order valence-corrected chi connectivity index (χ4v) is 2.71. The number of aliphatic carboxylic acids is 1. The predicted molar refractivity (Wildman–Crippen MR) is 75.3 cm³/mol. The van der Waals surface area contributed by atoms with Crippen LogP contribution >= 0.6 is 11.6 Å². The summed E-state index contributed by atoms with van der Waals surface area (Å²) in [4.78, 5) is 21.4. The van der Waals surface area contributed by atoms with Crippen LogP contribution in [0, 0.1) is 17.0 Å². The van der Waals surface area contributed by atoms with Gasteiger partial charge in [0.25, 0.3) is 5.69 Å². The van der Waals surface area contributed by atoms with Crippen LogP contribution in [0.5, 0.6) is 0 Å². The first-order valence-electron chi connectivity index (χ1n) is 5.97. The van der Waals surface area contributed by atoms with E-state index in [0.717, 1.165) is 5.69 Å². The summed E-state index contributed by atoms with van der Waals surface area (Å²) in [6, 6.07) is 2.84. The number of aryl methyl sites for hydroxylation is 2. The van der Waals surface area contributed by atoms with E-state index in [-0.39, 0.29) is 18.5 Å². The van der Waals surface area contributed by atoms with Crippen molar-refractivity contribution in [2.24, 2.45) is 7.05 Å². The average Bonchev–Trinajstić information content (AvgIpc) is 2.61. The van der Waals surface area contributed by atoms with Crippen molar-refractivity contribution in [1.29, 1.82) is 0 Å². The quantitative estimate of drug-likeness (QED) is 0.694. The van der Waals surface area contributed by atoms with E-state index in [1.54, 1.807) is 18.5 Å². The first-order valence-corrected chi connectivity index (χ1v) is 6.35. The lowest BCUT2D eigenvalue weighted by molar-refractivity contribution is -0.383. The number of benzene rings is 1. The van der Waals surface area contributed by atoms with Crippen molar-refractivity contribution < 1.29 is 14.8 Å². The highest BCUT2D eigenvalue weighted by Gasteiger charge is 2.23. The number of halogens is 1. The molecule has 20 heavy (non-hydrogen) atoms. The van der Waals surface area contributed by atoms with Crippen molar-refractivity contribution >= 4 is 34.2 Å². The van der Waals surface area contributed by atoms with Crippen LogP contribution in [0.2, 0.25) is 5.02 Å². The molecule has 0 saturated heterocycles. The molecule has 1 aromatic heterocycles. The van der Waals surface area contributed by atoms with Crippen LogP contribution in [0.25, 0.3) is 10.9 Å². The third kappa shape index (κ3) is 2.22. The van der Waals surface area contributed by atoms with Crippen molar-refractivity contribution in [3.8, 4) is 0 Å². The maximum absolute atomic E-state index is 11.2. The van der Waals surface area contributed by atoms with Crippen molar-refractivity contribution in [2.45, 2.75) is 19.8 Å². The summed E-state index contributed by atoms with van der Waals surface area (Å²) in [6.45, 7) is 1.80. The van der Waals surface area contributed by atoms with Gasteiger partial charge in [0.1, 0.15) is 0 Å². The van der Waals surface area contributed by atoms with Crippen LogP contribution < -0.4 is 0 Å². The Labute approximate surface area is 119 Å². The average molecular weight is 297 g/mol. The minimum absolute atomic E-state index is 0.0477. The number of fused-ring (bicyclic) bond motifs is 1. The van der Waals surface area contributed by atoms with Gasteiger partial charge in [0, 0.05) is 25.2 Å². The fourth-order valence-electron chi connectivity index (χ4n) is 2.42. The van der Waals surface area contributed by atoms with Crippen molar-refractivity contribution in [2.75, 3.05) is 0 Å². The van der Waals surface area contributed by atoms with Crippen LogP contribution in [0.1, 0.15) is 17.7 Å². The fraction of sp³-hybridized carbons (Fsp3) is 0.308. The number of non-ortho nitro benzene ring substituents is 1. The standard InChI is InChI=1S/C13H13ClN2O4/c1-7-8(3-6-11(17)18)12-10(16(19)20)5-4-9(14)13(12)15(7)2/h4-5H,3,6H2,1-2H3,(H,17,18). The van der Waals surface area contributed by atoms with E-state index in [1.165, 1.54) is 12.1 Å². The van der Waals surface area contributed by atoms with Gasteiger partial charge in [0.15, 0.2) is 0 Å². The molecule has 1 N–H and O–H groups in total. The smallest absolute Gasteiger partial charge is 0.303 e. The molecule has 0 aliphatic carbocycles. The zero-order valence-electron chi connectivity index (χ0n) is 11.0. The van der Waals surface area contributed by atoms with E-state index in [9.17, 15) is 14.9 Å². The lowest BCUT2D eigenvalue weighted by atomic mass is 10.0. The summed E-state index contributed by atoms with van der Waals surface area (Å²) in [6.07, 6.45) is 0.156. The second-order valence-electron chi connectivity index (χ2n) is 4.56. The number of nitro benzene ring substituents is 1. The van der Waals surface area contributed by atoms with E-state index in [0.29, 0.717) is 21.5 Å². The molecule has 0 unspecified atom stereocenters. The lowest BCUT2D eigenvalue weighted by Crippen LogP contribution is -1.99. The lowest BCUT2D eigenvalue weighted by Gasteiger charge is -2.01. The summed E-state index contributed by atoms with van der Waals surface area (Å²) in [7, 11) is 1.76. The number of nitrogens with zero attached hydrogens (tertiary/aromatic N) is 2. The van der Waals surface area contributed by atoms with Crippen molar-refractivity contribution in [1.82, 2.24) is 4.57 Å². The molecule has 1 aromatic carbocycles. The summed E-state index contributed by atoms with van der Waals surface area (Å²) in [5, 5.41) is 20.8. The normalized spacial score (nSPS) is 10.9. The largest absolute Gasteiger partial charge is 0.481 e. The number of hydrogen-bond donors (Lipinski definition) is 1. The second-order valence-corrected chi connectivity index (χ2v) is 4.97. The van der Waals surface area contributed by atoms with Gasteiger partial charge in [-0.1, -0.05) is 11.6 Å². The summed E-state index contributed by atoms with van der Waals surface area (Å²) in [5.74, 6) is -0.939. The minimum atomic E-state index is -0.939. The zero-order valence-corrected chi connectivity index (χ0v) is 11.8. The molecule has 0 bridgehead atoms. The molecular weight excluding hydrogens is 284 g/mol. The number of aromatic nitrogens is 1. The van der Waals surface area contributed by atoms with Gasteiger partial charge in [-0.3, -0.25) is 14.9 Å². The summed E-state index contributed by atoms with van der Waals surface area (Å²) in [5.41, 5.74) is 1.98. The first kappa shape index (κ1) is 14.3. The molecule has 0 fully saturated rings. The third-order valence-electron chi connectivity index (χ3n) is 3.47. The Hall–Kier alpha value is -2.08. The third-order valence-corrected chi connectivity index (χ3v) is 3.77. The number of carbonyl (C=O) groups is 1. The molecule has 2 rings (SSSR count). The topological polar surface area (TPSA) is 85.4 Å². The highest BCUT2D eigenvalue weighted by molar-refractivity contribution is 6.35. The van der Waals surface area contributed by atoms with Crippen LogP contribution in [0.4, 0.5) is 5.69 Å². The van der Waals surface area contributed by atoms with E-state index in [2.05, 4.69) is 0 Å². The highest BCUT2D eigenvalue weighted by atomic mass is 35.5. The molecule has 1 heterocycles.